The van der Waals surface area contributed by atoms with E-state index in [2.05, 4.69) is 59.4 Å². The van der Waals surface area contributed by atoms with E-state index in [0.717, 1.165) is 61.8 Å². The number of piperazine rings is 1. The highest BCUT2D eigenvalue weighted by Crippen LogP contribution is 2.30. The molecule has 0 bridgehead atoms. The second-order valence-corrected chi connectivity index (χ2v) is 8.38. The van der Waals surface area contributed by atoms with Crippen LogP contribution in [-0.4, -0.2) is 60.9 Å². The van der Waals surface area contributed by atoms with Gasteiger partial charge in [0.15, 0.2) is 0 Å². The number of pyridine rings is 1. The lowest BCUT2D eigenvalue weighted by molar-refractivity contribution is 0.132. The second-order valence-electron chi connectivity index (χ2n) is 7.50. The first-order valence-corrected chi connectivity index (χ1v) is 11.5. The number of rotatable bonds is 6. The Labute approximate surface area is 177 Å². The normalized spacial score (nSPS) is 15.7. The average Bonchev–Trinajstić information content (AvgIpc) is 2.78. The number of thioether (sulfide) groups is 1. The van der Waals surface area contributed by atoms with Crippen molar-refractivity contribution in [3.05, 3.63) is 54.1 Å². The zero-order chi connectivity index (χ0) is 20.2. The van der Waals surface area contributed by atoms with E-state index in [0.29, 0.717) is 0 Å². The number of nitrogens with zero attached hydrogens (tertiary/aromatic N) is 3. The van der Waals surface area contributed by atoms with E-state index in [1.165, 1.54) is 15.8 Å². The fourth-order valence-corrected chi connectivity index (χ4v) is 4.40. The van der Waals surface area contributed by atoms with Gasteiger partial charge in [0.25, 0.3) is 0 Å². The molecule has 0 radical (unpaired) electrons. The van der Waals surface area contributed by atoms with Crippen LogP contribution in [0.4, 0.5) is 0 Å². The Morgan fingerprint density at radius 1 is 1.00 bits per heavy atom. The minimum Gasteiger partial charge on any atom is -0.497 e. The van der Waals surface area contributed by atoms with Gasteiger partial charge < -0.3 is 9.64 Å². The summed E-state index contributed by atoms with van der Waals surface area (Å²) >= 11 is 1.75. The fraction of sp³-hybridized carbons (Fsp3) is 0.375. The van der Waals surface area contributed by atoms with Crippen LogP contribution >= 0.6 is 11.8 Å². The molecule has 2 heterocycles. The standard InChI is InChI=1S/C24H29N3OS/c1-4-26-10-12-27(13-11-26)17-20-14-18-8-9-22(29-3)16-23(18)25-24(20)19-6-5-7-21(15-19)28-2/h5-9,14-16H,4,10-13,17H2,1-3H3. The minimum atomic E-state index is 0.866. The molecule has 0 aliphatic carbocycles. The number of methoxy groups -OCH3 is 1. The molecule has 0 saturated carbocycles. The fourth-order valence-electron chi connectivity index (χ4n) is 3.96. The summed E-state index contributed by atoms with van der Waals surface area (Å²) < 4.78 is 5.47. The minimum absolute atomic E-state index is 0.866. The van der Waals surface area contributed by atoms with E-state index in [9.17, 15) is 0 Å². The maximum Gasteiger partial charge on any atom is 0.119 e. The van der Waals surface area contributed by atoms with Gasteiger partial charge in [-0.1, -0.05) is 25.1 Å². The van der Waals surface area contributed by atoms with Crippen LogP contribution in [0.25, 0.3) is 22.2 Å². The predicted octanol–water partition coefficient (Wildman–Crippen LogP) is 4.77. The maximum atomic E-state index is 5.47. The first-order chi connectivity index (χ1) is 14.2. The Morgan fingerprint density at radius 3 is 2.52 bits per heavy atom. The summed E-state index contributed by atoms with van der Waals surface area (Å²) in [4.78, 5) is 11.4. The van der Waals surface area contributed by atoms with E-state index >= 15 is 0 Å². The lowest BCUT2D eigenvalue weighted by Gasteiger charge is -2.34. The molecule has 4 nitrogen and oxygen atoms in total. The molecule has 3 aromatic rings. The Morgan fingerprint density at radius 2 is 1.79 bits per heavy atom. The number of benzene rings is 2. The highest BCUT2D eigenvalue weighted by molar-refractivity contribution is 7.98. The molecule has 0 N–H and O–H groups in total. The Kier molecular flexibility index (Phi) is 6.38. The number of hydrogen-bond donors (Lipinski definition) is 0. The first kappa shape index (κ1) is 20.2. The SMILES string of the molecule is CCN1CCN(Cc2cc3ccc(SC)cc3nc2-c2cccc(OC)c2)CC1. The van der Waals surface area contributed by atoms with Gasteiger partial charge in [-0.05, 0) is 48.7 Å². The summed E-state index contributed by atoms with van der Waals surface area (Å²) in [5, 5.41) is 1.21. The van der Waals surface area contributed by atoms with E-state index in [4.69, 9.17) is 9.72 Å². The van der Waals surface area contributed by atoms with Crippen molar-refractivity contribution in [3.8, 4) is 17.0 Å². The van der Waals surface area contributed by atoms with Crippen LogP contribution in [0.1, 0.15) is 12.5 Å². The van der Waals surface area contributed by atoms with Gasteiger partial charge in [-0.25, -0.2) is 4.98 Å². The van der Waals surface area contributed by atoms with Crippen molar-refractivity contribution in [2.24, 2.45) is 0 Å². The summed E-state index contributed by atoms with van der Waals surface area (Å²) in [5.41, 5.74) is 4.51. The lowest BCUT2D eigenvalue weighted by atomic mass is 10.0. The number of hydrogen-bond acceptors (Lipinski definition) is 5. The van der Waals surface area contributed by atoms with Gasteiger partial charge >= 0.3 is 0 Å². The maximum absolute atomic E-state index is 5.47. The first-order valence-electron chi connectivity index (χ1n) is 10.3. The summed E-state index contributed by atoms with van der Waals surface area (Å²) in [6, 6.07) is 17.1. The van der Waals surface area contributed by atoms with Crippen molar-refractivity contribution in [1.29, 1.82) is 0 Å². The van der Waals surface area contributed by atoms with Crippen LogP contribution < -0.4 is 4.74 Å². The van der Waals surface area contributed by atoms with Gasteiger partial charge in [-0.3, -0.25) is 4.90 Å². The van der Waals surface area contributed by atoms with Crippen molar-refractivity contribution in [2.45, 2.75) is 18.4 Å². The van der Waals surface area contributed by atoms with Gasteiger partial charge in [0.2, 0.25) is 0 Å². The van der Waals surface area contributed by atoms with Gasteiger partial charge in [-0.2, -0.15) is 0 Å². The van der Waals surface area contributed by atoms with E-state index in [1.54, 1.807) is 18.9 Å². The number of fused-ring (bicyclic) bond motifs is 1. The smallest absolute Gasteiger partial charge is 0.119 e. The quantitative estimate of drug-likeness (QED) is 0.549. The molecule has 1 saturated heterocycles. The molecular weight excluding hydrogens is 378 g/mol. The van der Waals surface area contributed by atoms with Crippen LogP contribution in [0.5, 0.6) is 5.75 Å². The van der Waals surface area contributed by atoms with Crippen LogP contribution in [0.15, 0.2) is 53.4 Å². The summed E-state index contributed by atoms with van der Waals surface area (Å²) in [6.45, 7) is 8.80. The molecule has 152 valence electrons. The number of likely N-dealkylation sites (N-methyl/N-ethyl adjacent to an activating group) is 1. The topological polar surface area (TPSA) is 28.6 Å². The third-order valence-corrected chi connectivity index (χ3v) is 6.48. The molecular formula is C24H29N3OS. The highest BCUT2D eigenvalue weighted by atomic mass is 32.2. The Hall–Kier alpha value is -2.08. The van der Waals surface area contributed by atoms with Gasteiger partial charge in [0, 0.05) is 48.6 Å². The van der Waals surface area contributed by atoms with Crippen molar-refractivity contribution in [2.75, 3.05) is 46.1 Å². The van der Waals surface area contributed by atoms with Gasteiger partial charge in [0.1, 0.15) is 5.75 Å². The van der Waals surface area contributed by atoms with E-state index < -0.39 is 0 Å². The number of aromatic nitrogens is 1. The Bertz CT molecular complexity index is 983. The molecule has 1 fully saturated rings. The van der Waals surface area contributed by atoms with Crippen molar-refractivity contribution >= 4 is 22.7 Å². The lowest BCUT2D eigenvalue weighted by Crippen LogP contribution is -2.45. The average molecular weight is 408 g/mol. The van der Waals surface area contributed by atoms with Crippen LogP contribution in [0, 0.1) is 0 Å². The molecule has 0 atom stereocenters. The molecule has 29 heavy (non-hydrogen) atoms. The molecule has 4 rings (SSSR count). The predicted molar refractivity (Wildman–Crippen MR) is 123 cm³/mol. The van der Waals surface area contributed by atoms with Crippen LogP contribution in [-0.2, 0) is 6.54 Å². The molecule has 1 aliphatic heterocycles. The van der Waals surface area contributed by atoms with Crippen molar-refractivity contribution in [3.63, 3.8) is 0 Å². The Balaban J connectivity index is 1.74. The van der Waals surface area contributed by atoms with Crippen LogP contribution in [0.2, 0.25) is 0 Å². The zero-order valence-corrected chi connectivity index (χ0v) is 18.3. The molecule has 0 amide bonds. The van der Waals surface area contributed by atoms with E-state index in [-0.39, 0.29) is 0 Å². The zero-order valence-electron chi connectivity index (χ0n) is 17.5. The molecule has 0 spiro atoms. The van der Waals surface area contributed by atoms with Crippen molar-refractivity contribution < 1.29 is 4.74 Å². The number of ether oxygens (including phenoxy) is 1. The summed E-state index contributed by atoms with van der Waals surface area (Å²) in [6.07, 6.45) is 2.11. The summed E-state index contributed by atoms with van der Waals surface area (Å²) in [7, 11) is 1.71. The van der Waals surface area contributed by atoms with Crippen molar-refractivity contribution in [1.82, 2.24) is 14.8 Å². The monoisotopic (exact) mass is 407 g/mol. The largest absolute Gasteiger partial charge is 0.497 e. The summed E-state index contributed by atoms with van der Waals surface area (Å²) in [5.74, 6) is 0.866. The van der Waals surface area contributed by atoms with Gasteiger partial charge in [0.05, 0.1) is 18.3 Å². The molecule has 1 aliphatic rings. The van der Waals surface area contributed by atoms with Gasteiger partial charge in [-0.15, -0.1) is 11.8 Å². The third-order valence-electron chi connectivity index (χ3n) is 5.75. The van der Waals surface area contributed by atoms with Crippen LogP contribution in [0.3, 0.4) is 0 Å². The molecule has 1 aromatic heterocycles. The molecule has 0 unspecified atom stereocenters. The molecule has 5 heteroatoms. The highest BCUT2D eigenvalue weighted by Gasteiger charge is 2.18. The van der Waals surface area contributed by atoms with E-state index in [1.807, 2.05) is 12.1 Å². The second kappa shape index (κ2) is 9.16. The third kappa shape index (κ3) is 4.58. The molecule has 2 aromatic carbocycles.